The third-order valence-electron chi connectivity index (χ3n) is 2.53. The Balaban J connectivity index is 2.12. The van der Waals surface area contributed by atoms with Crippen LogP contribution in [0, 0.1) is 10.1 Å². The van der Waals surface area contributed by atoms with Crippen molar-refractivity contribution in [2.24, 2.45) is 0 Å². The van der Waals surface area contributed by atoms with E-state index in [4.69, 9.17) is 0 Å². The second-order valence-electron chi connectivity index (χ2n) is 3.90. The standard InChI is InChI=1S/C12H11N3O4S/c16-15(17)11-4-6-12(7-5-11)20(18,19)14-9-10-3-1-2-8-13-10/h1-8,14H,9H2. The van der Waals surface area contributed by atoms with Gasteiger partial charge in [0.2, 0.25) is 10.0 Å². The van der Waals surface area contributed by atoms with Crippen LogP contribution in [0.15, 0.2) is 53.6 Å². The minimum Gasteiger partial charge on any atom is -0.260 e. The lowest BCUT2D eigenvalue weighted by Crippen LogP contribution is -2.23. The number of hydrogen-bond donors (Lipinski definition) is 1. The minimum absolute atomic E-state index is 0.0287. The van der Waals surface area contributed by atoms with Crippen molar-refractivity contribution >= 4 is 15.7 Å². The van der Waals surface area contributed by atoms with Crippen LogP contribution in [0.3, 0.4) is 0 Å². The number of hydrogen-bond acceptors (Lipinski definition) is 5. The third-order valence-corrected chi connectivity index (χ3v) is 3.94. The van der Waals surface area contributed by atoms with E-state index < -0.39 is 14.9 Å². The molecule has 0 atom stereocenters. The van der Waals surface area contributed by atoms with Crippen LogP contribution in [-0.2, 0) is 16.6 Å². The van der Waals surface area contributed by atoms with Gasteiger partial charge in [-0.05, 0) is 24.3 Å². The quantitative estimate of drug-likeness (QED) is 0.664. The Morgan fingerprint density at radius 1 is 1.15 bits per heavy atom. The molecule has 2 aromatic rings. The van der Waals surface area contributed by atoms with Gasteiger partial charge in [0, 0.05) is 18.3 Å². The van der Waals surface area contributed by atoms with Gasteiger partial charge in [-0.2, -0.15) is 0 Å². The fraction of sp³-hybridized carbons (Fsp3) is 0.0833. The Morgan fingerprint density at radius 3 is 2.40 bits per heavy atom. The van der Waals surface area contributed by atoms with Gasteiger partial charge in [-0.3, -0.25) is 15.1 Å². The molecule has 1 aromatic carbocycles. The molecule has 0 saturated heterocycles. The summed E-state index contributed by atoms with van der Waals surface area (Å²) in [5, 5.41) is 10.5. The number of nitro benzene ring substituents is 1. The van der Waals surface area contributed by atoms with Crippen molar-refractivity contribution in [3.63, 3.8) is 0 Å². The molecule has 0 bridgehead atoms. The SMILES string of the molecule is O=[N+]([O-])c1ccc(S(=O)(=O)NCc2ccccn2)cc1. The molecule has 0 aliphatic heterocycles. The molecule has 1 heterocycles. The molecule has 0 fully saturated rings. The lowest BCUT2D eigenvalue weighted by atomic mass is 10.3. The van der Waals surface area contributed by atoms with E-state index in [9.17, 15) is 18.5 Å². The van der Waals surface area contributed by atoms with Crippen molar-refractivity contribution in [2.45, 2.75) is 11.4 Å². The molecular formula is C12H11N3O4S. The van der Waals surface area contributed by atoms with E-state index in [0.29, 0.717) is 5.69 Å². The number of nitro groups is 1. The molecule has 0 unspecified atom stereocenters. The van der Waals surface area contributed by atoms with Gasteiger partial charge in [0.1, 0.15) is 0 Å². The summed E-state index contributed by atoms with van der Waals surface area (Å²) in [5.74, 6) is 0. The molecule has 7 nitrogen and oxygen atoms in total. The molecule has 104 valence electrons. The van der Waals surface area contributed by atoms with Gasteiger partial charge < -0.3 is 0 Å². The van der Waals surface area contributed by atoms with Gasteiger partial charge in [-0.25, -0.2) is 13.1 Å². The first kappa shape index (κ1) is 14.1. The Labute approximate surface area is 115 Å². The highest BCUT2D eigenvalue weighted by atomic mass is 32.2. The molecule has 0 spiro atoms. The average Bonchev–Trinajstić information content (AvgIpc) is 2.46. The van der Waals surface area contributed by atoms with Crippen molar-refractivity contribution in [3.05, 3.63) is 64.5 Å². The van der Waals surface area contributed by atoms with E-state index in [2.05, 4.69) is 9.71 Å². The predicted molar refractivity (Wildman–Crippen MR) is 71.4 cm³/mol. The molecule has 1 aromatic heterocycles. The number of nitrogens with zero attached hydrogens (tertiary/aromatic N) is 2. The van der Waals surface area contributed by atoms with Gasteiger partial charge in [-0.1, -0.05) is 6.07 Å². The topological polar surface area (TPSA) is 102 Å². The number of sulfonamides is 1. The van der Waals surface area contributed by atoms with Crippen molar-refractivity contribution < 1.29 is 13.3 Å². The highest BCUT2D eigenvalue weighted by Crippen LogP contribution is 2.15. The van der Waals surface area contributed by atoms with Crippen LogP contribution in [0.1, 0.15) is 5.69 Å². The van der Waals surface area contributed by atoms with E-state index in [-0.39, 0.29) is 17.1 Å². The Bertz CT molecular complexity index is 699. The molecule has 0 aliphatic carbocycles. The molecule has 20 heavy (non-hydrogen) atoms. The molecule has 0 saturated carbocycles. The van der Waals surface area contributed by atoms with Crippen molar-refractivity contribution in [3.8, 4) is 0 Å². The highest BCUT2D eigenvalue weighted by Gasteiger charge is 2.15. The van der Waals surface area contributed by atoms with Crippen LogP contribution in [-0.4, -0.2) is 18.3 Å². The second-order valence-corrected chi connectivity index (χ2v) is 5.66. The zero-order chi connectivity index (χ0) is 14.6. The van der Waals surface area contributed by atoms with Crippen LogP contribution in [0.25, 0.3) is 0 Å². The summed E-state index contributed by atoms with van der Waals surface area (Å²) in [6.07, 6.45) is 1.56. The number of benzene rings is 1. The maximum Gasteiger partial charge on any atom is 0.269 e. The van der Waals surface area contributed by atoms with E-state index in [1.165, 1.54) is 12.1 Å². The summed E-state index contributed by atoms with van der Waals surface area (Å²) in [6.45, 7) is 0.0557. The summed E-state index contributed by atoms with van der Waals surface area (Å²) in [4.78, 5) is 13.9. The predicted octanol–water partition coefficient (Wildman–Crippen LogP) is 1.47. The number of nitrogens with one attached hydrogen (secondary N) is 1. The molecule has 2 rings (SSSR count). The van der Waals surface area contributed by atoms with Crippen LogP contribution in [0.5, 0.6) is 0 Å². The largest absolute Gasteiger partial charge is 0.269 e. The van der Waals surface area contributed by atoms with Crippen LogP contribution in [0.2, 0.25) is 0 Å². The maximum absolute atomic E-state index is 12.0. The van der Waals surface area contributed by atoms with E-state index >= 15 is 0 Å². The third kappa shape index (κ3) is 3.37. The number of pyridine rings is 1. The van der Waals surface area contributed by atoms with E-state index in [0.717, 1.165) is 12.1 Å². The molecule has 1 N–H and O–H groups in total. The van der Waals surface area contributed by atoms with E-state index in [1.54, 1.807) is 24.4 Å². The van der Waals surface area contributed by atoms with E-state index in [1.807, 2.05) is 0 Å². The molecule has 0 radical (unpaired) electrons. The monoisotopic (exact) mass is 293 g/mol. The zero-order valence-electron chi connectivity index (χ0n) is 10.3. The Morgan fingerprint density at radius 2 is 1.85 bits per heavy atom. The van der Waals surface area contributed by atoms with Gasteiger partial charge in [0.25, 0.3) is 5.69 Å². The first-order chi connectivity index (χ1) is 9.49. The van der Waals surface area contributed by atoms with Crippen LogP contribution < -0.4 is 4.72 Å². The summed E-state index contributed by atoms with van der Waals surface area (Å²) in [6, 6.07) is 9.86. The molecular weight excluding hydrogens is 282 g/mol. The number of rotatable bonds is 5. The van der Waals surface area contributed by atoms with Gasteiger partial charge in [0.05, 0.1) is 22.1 Å². The second kappa shape index (κ2) is 5.76. The van der Waals surface area contributed by atoms with Crippen LogP contribution >= 0.6 is 0 Å². The fourth-order valence-electron chi connectivity index (χ4n) is 1.50. The summed E-state index contributed by atoms with van der Waals surface area (Å²) in [5.41, 5.74) is 0.423. The molecule has 8 heteroatoms. The maximum atomic E-state index is 12.0. The molecule has 0 amide bonds. The minimum atomic E-state index is -3.71. The summed E-state index contributed by atoms with van der Waals surface area (Å²) >= 11 is 0. The average molecular weight is 293 g/mol. The van der Waals surface area contributed by atoms with Crippen LogP contribution in [0.4, 0.5) is 5.69 Å². The fourth-order valence-corrected chi connectivity index (χ4v) is 2.50. The smallest absolute Gasteiger partial charge is 0.260 e. The Kier molecular flexibility index (Phi) is 4.06. The lowest BCUT2D eigenvalue weighted by molar-refractivity contribution is -0.384. The lowest BCUT2D eigenvalue weighted by Gasteiger charge is -2.06. The van der Waals surface area contributed by atoms with Gasteiger partial charge >= 0.3 is 0 Å². The summed E-state index contributed by atoms with van der Waals surface area (Å²) < 4.78 is 26.3. The first-order valence-electron chi connectivity index (χ1n) is 5.63. The van der Waals surface area contributed by atoms with Gasteiger partial charge in [-0.15, -0.1) is 0 Å². The van der Waals surface area contributed by atoms with Crippen molar-refractivity contribution in [1.29, 1.82) is 0 Å². The Hall–Kier alpha value is -2.32. The first-order valence-corrected chi connectivity index (χ1v) is 7.11. The summed E-state index contributed by atoms with van der Waals surface area (Å²) in [7, 11) is -3.71. The van der Waals surface area contributed by atoms with Gasteiger partial charge in [0.15, 0.2) is 0 Å². The normalized spacial score (nSPS) is 11.2. The molecule has 0 aliphatic rings. The zero-order valence-corrected chi connectivity index (χ0v) is 11.1. The van der Waals surface area contributed by atoms with Crippen molar-refractivity contribution in [1.82, 2.24) is 9.71 Å². The number of non-ortho nitro benzene ring substituents is 1. The number of aromatic nitrogens is 1. The highest BCUT2D eigenvalue weighted by molar-refractivity contribution is 7.89. The van der Waals surface area contributed by atoms with Crippen molar-refractivity contribution in [2.75, 3.05) is 0 Å².